The van der Waals surface area contributed by atoms with Crippen molar-refractivity contribution in [3.63, 3.8) is 0 Å². The highest BCUT2D eigenvalue weighted by molar-refractivity contribution is 7.14. The van der Waals surface area contributed by atoms with E-state index in [1.807, 2.05) is 47.0 Å². The third kappa shape index (κ3) is 5.42. The Bertz CT molecular complexity index is 430. The molecule has 0 radical (unpaired) electrons. The number of hydrogen-bond donors (Lipinski definition) is 0. The molecule has 5 heteroatoms. The third-order valence-corrected chi connectivity index (χ3v) is 2.79. The summed E-state index contributed by atoms with van der Waals surface area (Å²) in [6, 6.07) is 0. The predicted octanol–water partition coefficient (Wildman–Crippen LogP) is 2.67. The third-order valence-electron chi connectivity index (χ3n) is 1.85. The molecule has 0 aromatic carbocycles. The molecule has 0 aliphatic heterocycles. The second-order valence-corrected chi connectivity index (χ2v) is 6.30. The molecule has 0 N–H and O–H groups in total. The summed E-state index contributed by atoms with van der Waals surface area (Å²) in [4.78, 5) is 18.8. The van der Waals surface area contributed by atoms with Gasteiger partial charge in [-0.2, -0.15) is 0 Å². The number of hydrogen-bond acceptors (Lipinski definition) is 5. The number of carbonyl (C=O) groups is 1. The van der Waals surface area contributed by atoms with Gasteiger partial charge >= 0.3 is 5.97 Å². The molecule has 0 aliphatic rings. The summed E-state index contributed by atoms with van der Waals surface area (Å²) in [7, 11) is 4.01. The van der Waals surface area contributed by atoms with E-state index in [1.165, 1.54) is 11.3 Å². The number of likely N-dealkylation sites (N-methyl/N-ethyl adjacent to an activating group) is 1. The highest BCUT2D eigenvalue weighted by Gasteiger charge is 2.20. The van der Waals surface area contributed by atoms with Gasteiger partial charge in [0.15, 0.2) is 0 Å². The van der Waals surface area contributed by atoms with Crippen LogP contribution in [0.15, 0.2) is 12.3 Å². The van der Waals surface area contributed by atoms with E-state index in [0.717, 1.165) is 11.4 Å². The maximum Gasteiger partial charge on any atom is 0.367 e. The first-order valence-corrected chi connectivity index (χ1v) is 6.60. The highest BCUT2D eigenvalue weighted by Crippen LogP contribution is 2.18. The van der Waals surface area contributed by atoms with E-state index in [9.17, 15) is 4.79 Å². The SMILES string of the molecule is CN(C)CC=Cc1cnc(C(=O)OC(C)(C)C)s1. The minimum absolute atomic E-state index is 0.361. The van der Waals surface area contributed by atoms with Gasteiger partial charge in [0.25, 0.3) is 0 Å². The Morgan fingerprint density at radius 2 is 2.17 bits per heavy atom. The average molecular weight is 268 g/mol. The van der Waals surface area contributed by atoms with Crippen molar-refractivity contribution in [3.8, 4) is 0 Å². The van der Waals surface area contributed by atoms with Crippen LogP contribution in [-0.4, -0.2) is 42.1 Å². The van der Waals surface area contributed by atoms with Crippen molar-refractivity contribution in [1.29, 1.82) is 0 Å². The summed E-state index contributed by atoms with van der Waals surface area (Å²) in [5.74, 6) is -0.361. The van der Waals surface area contributed by atoms with Gasteiger partial charge in [0.2, 0.25) is 5.01 Å². The Balaban J connectivity index is 2.63. The summed E-state index contributed by atoms with van der Waals surface area (Å²) in [5, 5.41) is 0.398. The molecule has 1 aromatic rings. The number of thiazole rings is 1. The van der Waals surface area contributed by atoms with Gasteiger partial charge in [-0.15, -0.1) is 11.3 Å². The molecule has 4 nitrogen and oxygen atoms in total. The van der Waals surface area contributed by atoms with Crippen LogP contribution in [0.4, 0.5) is 0 Å². The smallest absolute Gasteiger partial charge is 0.367 e. The van der Waals surface area contributed by atoms with Crippen LogP contribution in [0.2, 0.25) is 0 Å². The molecule has 0 saturated heterocycles. The maximum atomic E-state index is 11.7. The Morgan fingerprint density at radius 3 is 2.72 bits per heavy atom. The van der Waals surface area contributed by atoms with Gasteiger partial charge in [0.1, 0.15) is 5.60 Å². The standard InChI is InChI=1S/C13H20N2O2S/c1-13(2,3)17-12(16)11-14-9-10(18-11)7-6-8-15(4)5/h6-7,9H,8H2,1-5H3. The Hall–Kier alpha value is -1.20. The molecular weight excluding hydrogens is 248 g/mol. The van der Waals surface area contributed by atoms with Crippen LogP contribution < -0.4 is 0 Å². The van der Waals surface area contributed by atoms with E-state index in [-0.39, 0.29) is 5.97 Å². The Kier molecular flexibility index (Phi) is 5.04. The van der Waals surface area contributed by atoms with Crippen LogP contribution in [0.1, 0.15) is 35.5 Å². The molecule has 0 atom stereocenters. The van der Waals surface area contributed by atoms with Gasteiger partial charge < -0.3 is 9.64 Å². The van der Waals surface area contributed by atoms with Crippen molar-refractivity contribution in [2.45, 2.75) is 26.4 Å². The average Bonchev–Trinajstić information content (AvgIpc) is 2.63. The molecule has 0 aliphatic carbocycles. The number of aromatic nitrogens is 1. The van der Waals surface area contributed by atoms with Crippen molar-refractivity contribution >= 4 is 23.4 Å². The molecular formula is C13H20N2O2S. The van der Waals surface area contributed by atoms with Crippen LogP contribution in [0.3, 0.4) is 0 Å². The lowest BCUT2D eigenvalue weighted by Gasteiger charge is -2.18. The molecule has 0 saturated carbocycles. The first-order valence-electron chi connectivity index (χ1n) is 5.78. The molecule has 0 spiro atoms. The molecule has 0 fully saturated rings. The molecule has 1 rings (SSSR count). The highest BCUT2D eigenvalue weighted by atomic mass is 32.1. The zero-order chi connectivity index (χ0) is 13.8. The second kappa shape index (κ2) is 6.11. The van der Waals surface area contributed by atoms with E-state index in [0.29, 0.717) is 5.01 Å². The predicted molar refractivity (Wildman–Crippen MR) is 74.9 cm³/mol. The maximum absolute atomic E-state index is 11.7. The fourth-order valence-electron chi connectivity index (χ4n) is 1.16. The van der Waals surface area contributed by atoms with E-state index in [4.69, 9.17) is 4.74 Å². The van der Waals surface area contributed by atoms with Crippen molar-refractivity contribution in [2.75, 3.05) is 20.6 Å². The molecule has 18 heavy (non-hydrogen) atoms. The van der Waals surface area contributed by atoms with Crippen molar-refractivity contribution in [2.24, 2.45) is 0 Å². The first-order chi connectivity index (χ1) is 8.28. The van der Waals surface area contributed by atoms with Crippen molar-refractivity contribution in [3.05, 3.63) is 22.2 Å². The topological polar surface area (TPSA) is 42.4 Å². The number of rotatable bonds is 4. The zero-order valence-corrected chi connectivity index (χ0v) is 12.4. The van der Waals surface area contributed by atoms with Crippen LogP contribution >= 0.6 is 11.3 Å². The lowest BCUT2D eigenvalue weighted by Crippen LogP contribution is -2.23. The van der Waals surface area contributed by atoms with E-state index < -0.39 is 5.60 Å². The van der Waals surface area contributed by atoms with Gasteiger partial charge in [-0.05, 0) is 40.9 Å². The van der Waals surface area contributed by atoms with E-state index >= 15 is 0 Å². The minimum Gasteiger partial charge on any atom is -0.455 e. The molecule has 1 heterocycles. The second-order valence-electron chi connectivity index (χ2n) is 5.23. The molecule has 100 valence electrons. The first kappa shape index (κ1) is 14.9. The quantitative estimate of drug-likeness (QED) is 0.787. The molecule has 0 unspecified atom stereocenters. The van der Waals surface area contributed by atoms with Gasteiger partial charge in [0, 0.05) is 17.6 Å². The normalized spacial score (nSPS) is 12.3. The Labute approximate surface area is 112 Å². The van der Waals surface area contributed by atoms with Gasteiger partial charge in [-0.3, -0.25) is 0 Å². The van der Waals surface area contributed by atoms with Gasteiger partial charge in [0.05, 0.1) is 0 Å². The molecule has 0 bridgehead atoms. The van der Waals surface area contributed by atoms with Crippen LogP contribution in [0, 0.1) is 0 Å². The number of carbonyl (C=O) groups excluding carboxylic acids is 1. The zero-order valence-electron chi connectivity index (χ0n) is 11.6. The summed E-state index contributed by atoms with van der Waals surface area (Å²) < 4.78 is 5.26. The number of nitrogens with zero attached hydrogens (tertiary/aromatic N) is 2. The monoisotopic (exact) mass is 268 g/mol. The van der Waals surface area contributed by atoms with Crippen molar-refractivity contribution < 1.29 is 9.53 Å². The fourth-order valence-corrected chi connectivity index (χ4v) is 1.88. The van der Waals surface area contributed by atoms with E-state index in [2.05, 4.69) is 9.88 Å². The largest absolute Gasteiger partial charge is 0.455 e. The lowest BCUT2D eigenvalue weighted by atomic mass is 10.2. The number of ether oxygens (including phenoxy) is 1. The number of esters is 1. The summed E-state index contributed by atoms with van der Waals surface area (Å²) in [6.07, 6.45) is 5.69. The minimum atomic E-state index is -0.482. The van der Waals surface area contributed by atoms with Gasteiger partial charge in [-0.1, -0.05) is 6.08 Å². The summed E-state index contributed by atoms with van der Waals surface area (Å²) in [6.45, 7) is 6.39. The lowest BCUT2D eigenvalue weighted by molar-refractivity contribution is 0.00692. The van der Waals surface area contributed by atoms with Crippen LogP contribution in [0.5, 0.6) is 0 Å². The Morgan fingerprint density at radius 1 is 1.50 bits per heavy atom. The molecule has 1 aromatic heterocycles. The summed E-state index contributed by atoms with van der Waals surface area (Å²) >= 11 is 1.34. The van der Waals surface area contributed by atoms with Crippen LogP contribution in [-0.2, 0) is 4.74 Å². The van der Waals surface area contributed by atoms with Crippen molar-refractivity contribution in [1.82, 2.24) is 9.88 Å². The fraction of sp³-hybridized carbons (Fsp3) is 0.538. The summed E-state index contributed by atoms with van der Waals surface area (Å²) in [5.41, 5.74) is -0.482. The van der Waals surface area contributed by atoms with Gasteiger partial charge in [-0.25, -0.2) is 9.78 Å². The molecule has 0 amide bonds. The van der Waals surface area contributed by atoms with Crippen LogP contribution in [0.25, 0.3) is 6.08 Å². The van der Waals surface area contributed by atoms with E-state index in [1.54, 1.807) is 6.20 Å².